The zero-order valence-corrected chi connectivity index (χ0v) is 21.0. The van der Waals surface area contributed by atoms with Crippen molar-refractivity contribution in [3.05, 3.63) is 95.6 Å². The maximum absolute atomic E-state index is 13.3. The Balaban J connectivity index is 1.51. The Labute approximate surface area is 213 Å². The number of rotatable bonds is 10. The zero-order chi connectivity index (χ0) is 25.2. The molecule has 0 atom stereocenters. The number of amides is 2. The quantitative estimate of drug-likeness (QED) is 0.441. The molecule has 4 rings (SSSR count). The van der Waals surface area contributed by atoms with Crippen LogP contribution in [0.3, 0.4) is 0 Å². The van der Waals surface area contributed by atoms with E-state index in [1.165, 1.54) is 0 Å². The lowest BCUT2D eigenvalue weighted by Crippen LogP contribution is -2.46. The Bertz CT molecular complexity index is 1130. The minimum atomic E-state index is 0.0761. The summed E-state index contributed by atoms with van der Waals surface area (Å²) in [5, 5.41) is 3.28. The fraction of sp³-hybridized carbons (Fsp3) is 0.333. The molecular formula is C30H35N3O3. The summed E-state index contributed by atoms with van der Waals surface area (Å²) in [5.74, 6) is 0.177. The van der Waals surface area contributed by atoms with Crippen LogP contribution in [0.4, 0.5) is 0 Å². The molecule has 36 heavy (non-hydrogen) atoms. The predicted molar refractivity (Wildman–Crippen MR) is 143 cm³/mol. The van der Waals surface area contributed by atoms with Gasteiger partial charge in [-0.1, -0.05) is 66.7 Å². The summed E-state index contributed by atoms with van der Waals surface area (Å²) in [6, 6.07) is 25.9. The van der Waals surface area contributed by atoms with Crippen molar-refractivity contribution in [2.45, 2.75) is 19.4 Å². The molecule has 3 aromatic rings. The lowest BCUT2D eigenvalue weighted by atomic mass is 9.97. The van der Waals surface area contributed by atoms with E-state index < -0.39 is 0 Å². The zero-order valence-electron chi connectivity index (χ0n) is 21.0. The number of methoxy groups -OCH3 is 1. The Morgan fingerprint density at radius 3 is 2.33 bits per heavy atom. The second-order valence-corrected chi connectivity index (χ2v) is 9.10. The summed E-state index contributed by atoms with van der Waals surface area (Å²) in [5.41, 5.74) is 4.91. The van der Waals surface area contributed by atoms with Crippen molar-refractivity contribution in [3.8, 4) is 11.1 Å². The van der Waals surface area contributed by atoms with Crippen LogP contribution in [0.15, 0.2) is 78.9 Å². The van der Waals surface area contributed by atoms with Crippen molar-refractivity contribution in [3.63, 3.8) is 0 Å². The molecule has 1 saturated heterocycles. The second-order valence-electron chi connectivity index (χ2n) is 9.10. The first-order chi connectivity index (χ1) is 17.7. The highest BCUT2D eigenvalue weighted by Gasteiger charge is 2.19. The highest BCUT2D eigenvalue weighted by atomic mass is 16.5. The van der Waals surface area contributed by atoms with Gasteiger partial charge in [0.25, 0.3) is 5.91 Å². The van der Waals surface area contributed by atoms with Crippen molar-refractivity contribution in [1.82, 2.24) is 15.1 Å². The predicted octanol–water partition coefficient (Wildman–Crippen LogP) is 4.01. The number of ether oxygens (including phenoxy) is 1. The van der Waals surface area contributed by atoms with Crippen LogP contribution in [0.2, 0.25) is 0 Å². The van der Waals surface area contributed by atoms with Crippen LogP contribution in [0.25, 0.3) is 11.1 Å². The highest BCUT2D eigenvalue weighted by Crippen LogP contribution is 2.26. The standard InChI is InChI=1S/C30H35N3O3/c1-36-21-7-18-33(29(34)22-24-8-3-2-4-9-24)23-27-10-5-6-11-28(27)25-12-14-26(15-13-25)30(35)32-19-16-31-17-20-32/h2-6,8-15,31H,7,16-23H2,1H3. The molecule has 6 heteroatoms. The molecule has 0 aliphatic carbocycles. The van der Waals surface area contributed by atoms with Crippen LogP contribution in [0, 0.1) is 0 Å². The average molecular weight is 486 g/mol. The first-order valence-electron chi connectivity index (χ1n) is 12.6. The summed E-state index contributed by atoms with van der Waals surface area (Å²) < 4.78 is 5.24. The first-order valence-corrected chi connectivity index (χ1v) is 12.6. The number of benzene rings is 3. The Morgan fingerprint density at radius 1 is 0.917 bits per heavy atom. The lowest BCUT2D eigenvalue weighted by Gasteiger charge is -2.27. The van der Waals surface area contributed by atoms with Crippen LogP contribution in [-0.2, 0) is 22.5 Å². The highest BCUT2D eigenvalue weighted by molar-refractivity contribution is 5.95. The van der Waals surface area contributed by atoms with Crippen molar-refractivity contribution >= 4 is 11.8 Å². The summed E-state index contributed by atoms with van der Waals surface area (Å²) >= 11 is 0. The summed E-state index contributed by atoms with van der Waals surface area (Å²) in [7, 11) is 1.68. The normalized spacial score (nSPS) is 13.4. The molecule has 2 amide bonds. The van der Waals surface area contributed by atoms with Crippen molar-refractivity contribution in [2.75, 3.05) is 46.4 Å². The van der Waals surface area contributed by atoms with E-state index in [0.717, 1.165) is 54.9 Å². The molecule has 1 N–H and O–H groups in total. The van der Waals surface area contributed by atoms with E-state index in [1.807, 2.05) is 76.5 Å². The monoisotopic (exact) mass is 485 g/mol. The third-order valence-electron chi connectivity index (χ3n) is 6.55. The van der Waals surface area contributed by atoms with E-state index >= 15 is 0 Å². The maximum Gasteiger partial charge on any atom is 0.253 e. The van der Waals surface area contributed by atoms with Gasteiger partial charge in [-0.05, 0) is 40.8 Å². The molecule has 0 saturated carbocycles. The van der Waals surface area contributed by atoms with Gasteiger partial charge in [-0.3, -0.25) is 9.59 Å². The molecule has 0 spiro atoms. The minimum Gasteiger partial charge on any atom is -0.385 e. The van der Waals surface area contributed by atoms with Crippen LogP contribution in [0.1, 0.15) is 27.9 Å². The maximum atomic E-state index is 13.3. The van der Waals surface area contributed by atoms with Crippen molar-refractivity contribution < 1.29 is 14.3 Å². The molecule has 0 bridgehead atoms. The average Bonchev–Trinajstić information content (AvgIpc) is 2.93. The van der Waals surface area contributed by atoms with E-state index in [9.17, 15) is 9.59 Å². The van der Waals surface area contributed by atoms with Crippen LogP contribution in [-0.4, -0.2) is 68.1 Å². The number of hydrogen-bond acceptors (Lipinski definition) is 4. The fourth-order valence-electron chi connectivity index (χ4n) is 4.56. The van der Waals surface area contributed by atoms with Gasteiger partial charge in [-0.25, -0.2) is 0 Å². The lowest BCUT2D eigenvalue weighted by molar-refractivity contribution is -0.131. The first kappa shape index (κ1) is 25.6. The fourth-order valence-corrected chi connectivity index (χ4v) is 4.56. The van der Waals surface area contributed by atoms with Gasteiger partial charge in [0.05, 0.1) is 6.42 Å². The van der Waals surface area contributed by atoms with Gasteiger partial charge >= 0.3 is 0 Å². The smallest absolute Gasteiger partial charge is 0.253 e. The molecular weight excluding hydrogens is 450 g/mol. The Hall–Kier alpha value is -3.48. The molecule has 1 heterocycles. The molecule has 1 fully saturated rings. The van der Waals surface area contributed by atoms with Gasteiger partial charge in [-0.2, -0.15) is 0 Å². The van der Waals surface area contributed by atoms with Gasteiger partial charge in [-0.15, -0.1) is 0 Å². The van der Waals surface area contributed by atoms with Crippen LogP contribution < -0.4 is 5.32 Å². The van der Waals surface area contributed by atoms with Crippen LogP contribution >= 0.6 is 0 Å². The molecule has 0 unspecified atom stereocenters. The molecule has 6 nitrogen and oxygen atoms in total. The Morgan fingerprint density at radius 2 is 1.61 bits per heavy atom. The molecule has 188 valence electrons. The number of carbonyl (C=O) groups excluding carboxylic acids is 2. The van der Waals surface area contributed by atoms with Crippen LogP contribution in [0.5, 0.6) is 0 Å². The summed E-state index contributed by atoms with van der Waals surface area (Å²) in [6.07, 6.45) is 1.15. The topological polar surface area (TPSA) is 61.9 Å². The third-order valence-corrected chi connectivity index (χ3v) is 6.55. The van der Waals surface area contributed by atoms with Gasteiger partial charge < -0.3 is 19.9 Å². The molecule has 3 aromatic carbocycles. The number of hydrogen-bond donors (Lipinski definition) is 1. The molecule has 1 aliphatic heterocycles. The molecule has 0 radical (unpaired) electrons. The SMILES string of the molecule is COCCCN(Cc1ccccc1-c1ccc(C(=O)N2CCNCC2)cc1)C(=O)Cc1ccccc1. The van der Waals surface area contributed by atoms with E-state index in [-0.39, 0.29) is 11.8 Å². The largest absolute Gasteiger partial charge is 0.385 e. The third kappa shape index (κ3) is 6.80. The van der Waals surface area contributed by atoms with Gasteiger partial charge in [0.1, 0.15) is 0 Å². The van der Waals surface area contributed by atoms with Gasteiger partial charge in [0.2, 0.25) is 5.91 Å². The van der Waals surface area contributed by atoms with Gasteiger partial charge in [0, 0.05) is 58.5 Å². The molecule has 1 aliphatic rings. The number of nitrogens with one attached hydrogen (secondary N) is 1. The number of nitrogens with zero attached hydrogens (tertiary/aromatic N) is 2. The summed E-state index contributed by atoms with van der Waals surface area (Å²) in [6.45, 7) is 4.90. The summed E-state index contributed by atoms with van der Waals surface area (Å²) in [4.78, 5) is 29.9. The Kier molecular flexibility index (Phi) is 9.25. The van der Waals surface area contributed by atoms with E-state index in [0.29, 0.717) is 31.7 Å². The second kappa shape index (κ2) is 13.0. The van der Waals surface area contributed by atoms with Crippen molar-refractivity contribution in [1.29, 1.82) is 0 Å². The molecule has 0 aromatic heterocycles. The van der Waals surface area contributed by atoms with E-state index in [1.54, 1.807) is 7.11 Å². The van der Waals surface area contributed by atoms with Crippen molar-refractivity contribution in [2.24, 2.45) is 0 Å². The minimum absolute atomic E-state index is 0.0761. The number of carbonyl (C=O) groups is 2. The van der Waals surface area contributed by atoms with E-state index in [2.05, 4.69) is 17.4 Å². The van der Waals surface area contributed by atoms with Gasteiger partial charge in [0.15, 0.2) is 0 Å². The number of piperazine rings is 1. The van der Waals surface area contributed by atoms with E-state index in [4.69, 9.17) is 4.74 Å².